The average molecular weight is 756 g/mol. The molecule has 0 saturated heterocycles. The van der Waals surface area contributed by atoms with Crippen molar-refractivity contribution in [1.82, 2.24) is 15.3 Å². The molecule has 6 aliphatic carbocycles. The Hall–Kier alpha value is -2.42. The van der Waals surface area contributed by atoms with Gasteiger partial charge in [-0.25, -0.2) is 9.97 Å². The minimum Gasteiger partial charge on any atom is -0.393 e. The van der Waals surface area contributed by atoms with Gasteiger partial charge in [0.15, 0.2) is 11.6 Å². The number of carbonyl (C=O) groups excluding carboxylic acids is 3. The summed E-state index contributed by atoms with van der Waals surface area (Å²) < 4.78 is 0. The van der Waals surface area contributed by atoms with Gasteiger partial charge in [0.1, 0.15) is 5.54 Å². The molecule has 0 aromatic carbocycles. The molecule has 5 saturated carbocycles. The molecule has 9 heteroatoms. The molecule has 1 aromatic heterocycles. The van der Waals surface area contributed by atoms with Crippen molar-refractivity contribution in [3.8, 4) is 0 Å². The first kappa shape index (κ1) is 45.0. The van der Waals surface area contributed by atoms with Crippen LogP contribution in [0, 0.1) is 45.8 Å². The number of halogens is 1. The van der Waals surface area contributed by atoms with E-state index < -0.39 is 28.2 Å². The summed E-state index contributed by atoms with van der Waals surface area (Å²) in [6.07, 6.45) is 10.8. The fourth-order valence-electron chi connectivity index (χ4n) is 12.0. The second kappa shape index (κ2) is 17.2. The summed E-state index contributed by atoms with van der Waals surface area (Å²) in [5.41, 5.74) is 6.40. The fraction of sp³-hybridized carbons (Fsp3) is 0.750. The van der Waals surface area contributed by atoms with Crippen molar-refractivity contribution in [2.24, 2.45) is 51.6 Å². The Morgan fingerprint density at radius 2 is 1.43 bits per heavy atom. The van der Waals surface area contributed by atoms with E-state index in [0.717, 1.165) is 44.1 Å². The van der Waals surface area contributed by atoms with Gasteiger partial charge in [0.05, 0.1) is 16.5 Å². The second-order valence-corrected chi connectivity index (χ2v) is 17.0. The molecule has 0 spiro atoms. The fourth-order valence-corrected chi connectivity index (χ4v) is 12.1. The minimum atomic E-state index is -1.21. The number of aliphatic hydroxyl groups excluding tert-OH is 1. The summed E-state index contributed by atoms with van der Waals surface area (Å²) in [5, 5.41) is 14.2. The number of carbonyl (C=O) groups is 3. The third kappa shape index (κ3) is 7.23. The van der Waals surface area contributed by atoms with Crippen molar-refractivity contribution in [1.29, 1.82) is 0 Å². The van der Waals surface area contributed by atoms with Gasteiger partial charge >= 0.3 is 0 Å². The van der Waals surface area contributed by atoms with E-state index >= 15 is 0 Å². The van der Waals surface area contributed by atoms with E-state index in [1.165, 1.54) is 12.4 Å². The lowest BCUT2D eigenvalue weighted by molar-refractivity contribution is -0.183. The number of nitrogens with one attached hydrogen (secondary N) is 1. The van der Waals surface area contributed by atoms with Crippen LogP contribution in [0.1, 0.15) is 153 Å². The summed E-state index contributed by atoms with van der Waals surface area (Å²) >= 11 is 6.00. The number of aromatic nitrogens is 2. The number of aliphatic hydroxyl groups is 1. The maximum atomic E-state index is 14.6. The maximum Gasteiger partial charge on any atom is 0.289 e. The number of Topliss-reactive ketones (excluding diaryl/α,β-unsaturated/α-hetero) is 2. The van der Waals surface area contributed by atoms with E-state index in [9.17, 15) is 19.5 Å². The Morgan fingerprint density at radius 1 is 0.887 bits per heavy atom. The van der Waals surface area contributed by atoms with E-state index in [-0.39, 0.29) is 46.9 Å². The lowest BCUT2D eigenvalue weighted by Gasteiger charge is -2.69. The van der Waals surface area contributed by atoms with Crippen LogP contribution in [-0.2, 0) is 19.9 Å². The van der Waals surface area contributed by atoms with Crippen LogP contribution < -0.4 is 11.1 Å². The molecule has 9 unspecified atom stereocenters. The van der Waals surface area contributed by atoms with Gasteiger partial charge in [0, 0.05) is 24.4 Å². The molecule has 9 atom stereocenters. The third-order valence-corrected chi connectivity index (χ3v) is 14.3. The molecule has 1 aromatic rings. The zero-order valence-electron chi connectivity index (χ0n) is 34.8. The van der Waals surface area contributed by atoms with Crippen molar-refractivity contribution in [3.63, 3.8) is 0 Å². The molecule has 4 N–H and O–H groups in total. The Balaban J connectivity index is 0.000000887. The summed E-state index contributed by atoms with van der Waals surface area (Å²) in [7, 11) is 0. The van der Waals surface area contributed by atoms with Crippen molar-refractivity contribution < 1.29 is 19.5 Å². The molecular formula is C44H71ClN4O4. The van der Waals surface area contributed by atoms with Crippen LogP contribution in [0.2, 0.25) is 5.02 Å². The van der Waals surface area contributed by atoms with Gasteiger partial charge in [0.25, 0.3) is 5.91 Å². The quantitative estimate of drug-likeness (QED) is 0.201. The molecule has 0 aliphatic heterocycles. The van der Waals surface area contributed by atoms with Crippen LogP contribution in [0.5, 0.6) is 0 Å². The van der Waals surface area contributed by atoms with Crippen LogP contribution in [0.25, 0.3) is 0 Å². The van der Waals surface area contributed by atoms with Gasteiger partial charge in [-0.1, -0.05) is 87.8 Å². The second-order valence-electron chi connectivity index (χ2n) is 16.6. The van der Waals surface area contributed by atoms with Crippen molar-refractivity contribution in [2.45, 2.75) is 164 Å². The molecule has 1 heterocycles. The predicted molar refractivity (Wildman–Crippen MR) is 216 cm³/mol. The summed E-state index contributed by atoms with van der Waals surface area (Å²) in [4.78, 5) is 51.1. The molecule has 53 heavy (non-hydrogen) atoms. The number of rotatable bonds is 5. The number of nitrogens with two attached hydrogens (primary N) is 1. The SMILES string of the molecule is C=C.CC.CC.CC.CC(C)C1=C2C(C(=O)C(=O)NC3(c4ncc(Cl)cn4)CC3)(CCC3C2(N)CCC2C4(C)CCC(O)C(C)C4CCC32C)CC1=O. The van der Waals surface area contributed by atoms with Gasteiger partial charge in [-0.05, 0) is 116 Å². The van der Waals surface area contributed by atoms with Crippen molar-refractivity contribution in [3.05, 3.63) is 47.5 Å². The minimum absolute atomic E-state index is 0.0214. The highest BCUT2D eigenvalue weighted by Gasteiger charge is 2.70. The molecule has 0 bridgehead atoms. The van der Waals surface area contributed by atoms with Crippen molar-refractivity contribution in [2.75, 3.05) is 0 Å². The number of amides is 1. The van der Waals surface area contributed by atoms with Crippen LogP contribution in [0.4, 0.5) is 0 Å². The Morgan fingerprint density at radius 3 is 1.98 bits per heavy atom. The highest BCUT2D eigenvalue weighted by atomic mass is 35.5. The topological polar surface area (TPSA) is 135 Å². The van der Waals surface area contributed by atoms with Crippen LogP contribution in [0.15, 0.2) is 36.7 Å². The smallest absolute Gasteiger partial charge is 0.289 e. The standard InChI is InChI=1S/C36H49ClN4O4.3C2H6.C2H4/c1-19(2)27-24(43)16-34(29(44)30(45)41-35(14-15-35)31-39-17-21(37)18-40-31)12-8-26-33(5)10-6-22-20(3)23(42)7-11-32(22,4)25(33)9-13-36(26,38)28(27)34;4*1-2/h17-20,22-23,25-26,42H,6-16,38H2,1-5H3,(H,41,45);3*1-2H3;1-2H2. The van der Waals surface area contributed by atoms with E-state index in [1.807, 2.05) is 55.4 Å². The third-order valence-electron chi connectivity index (χ3n) is 14.1. The maximum absolute atomic E-state index is 14.6. The first-order chi connectivity index (χ1) is 25.1. The Bertz CT molecular complexity index is 1510. The van der Waals surface area contributed by atoms with Crippen molar-refractivity contribution >= 4 is 29.1 Å². The first-order valence-electron chi connectivity index (χ1n) is 20.7. The van der Waals surface area contributed by atoms with E-state index in [2.05, 4.69) is 49.2 Å². The highest BCUT2D eigenvalue weighted by molar-refractivity contribution is 6.40. The monoisotopic (exact) mass is 755 g/mol. The number of hydrogen-bond acceptors (Lipinski definition) is 7. The molecular weight excluding hydrogens is 684 g/mol. The van der Waals surface area contributed by atoms with E-state index in [4.69, 9.17) is 17.3 Å². The molecule has 8 nitrogen and oxygen atoms in total. The first-order valence-corrected chi connectivity index (χ1v) is 21.1. The number of nitrogens with zero attached hydrogens (tertiary/aromatic N) is 2. The van der Waals surface area contributed by atoms with Gasteiger partial charge in [-0.2, -0.15) is 0 Å². The molecule has 0 radical (unpaired) electrons. The van der Waals surface area contributed by atoms with E-state index in [0.29, 0.717) is 53.9 Å². The van der Waals surface area contributed by atoms with E-state index in [1.54, 1.807) is 0 Å². The lowest BCUT2D eigenvalue weighted by Crippen LogP contribution is -2.69. The number of allylic oxidation sites excluding steroid dienone is 1. The van der Waals surface area contributed by atoms with Gasteiger partial charge in [-0.3, -0.25) is 14.4 Å². The lowest BCUT2D eigenvalue weighted by atomic mass is 9.36. The van der Waals surface area contributed by atoms with Crippen LogP contribution in [0.3, 0.4) is 0 Å². The van der Waals surface area contributed by atoms with Crippen LogP contribution >= 0.6 is 11.6 Å². The molecule has 1 amide bonds. The number of fused-ring (bicyclic) bond motifs is 7. The molecule has 6 aliphatic rings. The van der Waals surface area contributed by atoms with Crippen LogP contribution in [-0.4, -0.2) is 44.2 Å². The average Bonchev–Trinajstić information content (AvgIpc) is 3.86. The summed E-state index contributed by atoms with van der Waals surface area (Å²) in [6, 6.07) is 0. The Labute approximate surface area is 326 Å². The molecule has 7 rings (SSSR count). The van der Waals surface area contributed by atoms with Gasteiger partial charge in [0.2, 0.25) is 5.78 Å². The molecule has 5 fully saturated rings. The number of hydrogen-bond donors (Lipinski definition) is 3. The summed E-state index contributed by atoms with van der Waals surface area (Å²) in [6.45, 7) is 29.1. The Kier molecular flexibility index (Phi) is 14.6. The summed E-state index contributed by atoms with van der Waals surface area (Å²) in [5.74, 6) is 0.438. The molecule has 298 valence electrons. The zero-order chi connectivity index (χ0) is 40.3. The van der Waals surface area contributed by atoms with Gasteiger partial charge < -0.3 is 16.2 Å². The number of ketones is 2. The predicted octanol–water partition coefficient (Wildman–Crippen LogP) is 9.33. The van der Waals surface area contributed by atoms with Gasteiger partial charge in [-0.15, -0.1) is 13.2 Å². The zero-order valence-corrected chi connectivity index (χ0v) is 35.6. The largest absolute Gasteiger partial charge is 0.393 e. The normalized spacial score (nSPS) is 37.1. The highest BCUT2D eigenvalue weighted by Crippen LogP contribution is 2.72.